The zero-order valence-corrected chi connectivity index (χ0v) is 9.66. The summed E-state index contributed by atoms with van der Waals surface area (Å²) >= 11 is 0. The van der Waals surface area contributed by atoms with Gasteiger partial charge in [-0.05, 0) is 31.1 Å². The van der Waals surface area contributed by atoms with Crippen LogP contribution in [-0.2, 0) is 9.53 Å². The van der Waals surface area contributed by atoms with E-state index in [4.69, 9.17) is 16.2 Å². The number of rotatable bonds is 7. The van der Waals surface area contributed by atoms with Crippen molar-refractivity contribution in [2.45, 2.75) is 38.6 Å². The summed E-state index contributed by atoms with van der Waals surface area (Å²) in [5, 5.41) is 0. The van der Waals surface area contributed by atoms with Gasteiger partial charge in [0.05, 0.1) is 6.61 Å². The van der Waals surface area contributed by atoms with Crippen molar-refractivity contribution < 1.29 is 9.53 Å². The van der Waals surface area contributed by atoms with E-state index in [2.05, 4.69) is 13.8 Å². The molecule has 0 aromatic heterocycles. The van der Waals surface area contributed by atoms with Gasteiger partial charge < -0.3 is 16.2 Å². The Morgan fingerprint density at radius 2 is 2.13 bits per heavy atom. The topological polar surface area (TPSA) is 78.3 Å². The number of hydrogen-bond acceptors (Lipinski definition) is 3. The summed E-state index contributed by atoms with van der Waals surface area (Å²) in [6.07, 6.45) is 2.97. The number of hydrogen-bond donors (Lipinski definition) is 2. The lowest BCUT2D eigenvalue weighted by Gasteiger charge is -2.25. The molecule has 4 nitrogen and oxygen atoms in total. The van der Waals surface area contributed by atoms with Crippen molar-refractivity contribution in [1.29, 1.82) is 0 Å². The van der Waals surface area contributed by atoms with Crippen LogP contribution in [0, 0.1) is 11.8 Å². The fourth-order valence-corrected chi connectivity index (χ4v) is 1.55. The Hall–Kier alpha value is -0.610. The zero-order valence-electron chi connectivity index (χ0n) is 9.66. The summed E-state index contributed by atoms with van der Waals surface area (Å²) in [5.74, 6) is 0.398. The van der Waals surface area contributed by atoms with E-state index < -0.39 is 11.4 Å². The van der Waals surface area contributed by atoms with E-state index in [-0.39, 0.29) is 12.5 Å². The minimum atomic E-state index is -0.934. The molecule has 0 aliphatic heterocycles. The first-order valence-electron chi connectivity index (χ1n) is 5.63. The maximum atomic E-state index is 11.2. The van der Waals surface area contributed by atoms with Crippen molar-refractivity contribution in [2.75, 3.05) is 13.2 Å². The Bertz CT molecular complexity index is 227. The largest absolute Gasteiger partial charge is 0.379 e. The fourth-order valence-electron chi connectivity index (χ4n) is 1.55. The third-order valence-corrected chi connectivity index (χ3v) is 2.95. The predicted octanol–water partition coefficient (Wildman–Crippen LogP) is 0.642. The predicted molar refractivity (Wildman–Crippen MR) is 59.1 cm³/mol. The highest BCUT2D eigenvalue weighted by molar-refractivity contribution is 5.85. The Kier molecular flexibility index (Phi) is 4.11. The summed E-state index contributed by atoms with van der Waals surface area (Å²) in [6, 6.07) is 0. The second-order valence-corrected chi connectivity index (χ2v) is 4.91. The van der Waals surface area contributed by atoms with Crippen LogP contribution in [0.5, 0.6) is 0 Å². The fraction of sp³-hybridized carbons (Fsp3) is 0.909. The number of ether oxygens (including phenoxy) is 1. The SMILES string of the molecule is CC(C)CCOCC(N)(C(N)=O)C1CC1. The molecule has 1 atom stereocenters. The van der Waals surface area contributed by atoms with Crippen molar-refractivity contribution >= 4 is 5.91 Å². The lowest BCUT2D eigenvalue weighted by Crippen LogP contribution is -2.57. The molecule has 1 saturated carbocycles. The molecule has 0 radical (unpaired) electrons. The number of carbonyl (C=O) groups excluding carboxylic acids is 1. The summed E-state index contributed by atoms with van der Waals surface area (Å²) in [4.78, 5) is 11.2. The van der Waals surface area contributed by atoms with Gasteiger partial charge in [-0.2, -0.15) is 0 Å². The van der Waals surface area contributed by atoms with Crippen LogP contribution < -0.4 is 11.5 Å². The van der Waals surface area contributed by atoms with Crippen molar-refractivity contribution in [1.82, 2.24) is 0 Å². The highest BCUT2D eigenvalue weighted by Gasteiger charge is 2.47. The van der Waals surface area contributed by atoms with Crippen molar-refractivity contribution in [2.24, 2.45) is 23.3 Å². The second kappa shape index (κ2) is 4.94. The molecule has 0 heterocycles. The van der Waals surface area contributed by atoms with Gasteiger partial charge in [0.1, 0.15) is 5.54 Å². The third-order valence-electron chi connectivity index (χ3n) is 2.95. The molecule has 0 bridgehead atoms. The van der Waals surface area contributed by atoms with E-state index in [1.807, 2.05) is 0 Å². The molecular formula is C11H22N2O2. The number of nitrogens with two attached hydrogens (primary N) is 2. The maximum Gasteiger partial charge on any atom is 0.240 e. The lowest BCUT2D eigenvalue weighted by atomic mass is 9.95. The first kappa shape index (κ1) is 12.5. The second-order valence-electron chi connectivity index (χ2n) is 4.91. The first-order chi connectivity index (χ1) is 6.97. The average molecular weight is 214 g/mol. The first-order valence-corrected chi connectivity index (χ1v) is 5.63. The lowest BCUT2D eigenvalue weighted by molar-refractivity contribution is -0.126. The molecule has 1 rings (SSSR count). The van der Waals surface area contributed by atoms with E-state index in [0.29, 0.717) is 12.5 Å². The molecule has 1 unspecified atom stereocenters. The maximum absolute atomic E-state index is 11.2. The Morgan fingerprint density at radius 1 is 1.53 bits per heavy atom. The van der Waals surface area contributed by atoms with Crippen molar-refractivity contribution in [3.8, 4) is 0 Å². The van der Waals surface area contributed by atoms with E-state index in [0.717, 1.165) is 19.3 Å². The molecule has 15 heavy (non-hydrogen) atoms. The Balaban J connectivity index is 2.30. The number of amides is 1. The molecule has 1 fully saturated rings. The molecule has 1 aliphatic rings. The van der Waals surface area contributed by atoms with Crippen LogP contribution in [0.1, 0.15) is 33.1 Å². The number of carbonyl (C=O) groups is 1. The number of primary amides is 1. The van der Waals surface area contributed by atoms with Gasteiger partial charge in [0.25, 0.3) is 0 Å². The highest BCUT2D eigenvalue weighted by Crippen LogP contribution is 2.38. The Labute approximate surface area is 91.3 Å². The van der Waals surface area contributed by atoms with E-state index in [1.165, 1.54) is 0 Å². The van der Waals surface area contributed by atoms with Gasteiger partial charge in [-0.25, -0.2) is 0 Å². The van der Waals surface area contributed by atoms with Crippen LogP contribution in [0.4, 0.5) is 0 Å². The minimum Gasteiger partial charge on any atom is -0.379 e. The smallest absolute Gasteiger partial charge is 0.240 e. The van der Waals surface area contributed by atoms with Crippen LogP contribution >= 0.6 is 0 Å². The molecule has 1 amide bonds. The van der Waals surface area contributed by atoms with Gasteiger partial charge >= 0.3 is 0 Å². The third kappa shape index (κ3) is 3.47. The zero-order chi connectivity index (χ0) is 11.5. The average Bonchev–Trinajstić information content (AvgIpc) is 2.94. The van der Waals surface area contributed by atoms with Gasteiger partial charge in [0.15, 0.2) is 0 Å². The molecular weight excluding hydrogens is 192 g/mol. The standard InChI is InChI=1S/C11H22N2O2/c1-8(2)5-6-15-7-11(13,10(12)14)9-3-4-9/h8-9H,3-7,13H2,1-2H3,(H2,12,14). The van der Waals surface area contributed by atoms with Crippen LogP contribution in [0.25, 0.3) is 0 Å². The van der Waals surface area contributed by atoms with Crippen LogP contribution in [0.15, 0.2) is 0 Å². The molecule has 4 N–H and O–H groups in total. The summed E-state index contributed by atoms with van der Waals surface area (Å²) < 4.78 is 5.45. The van der Waals surface area contributed by atoms with Crippen LogP contribution in [0.2, 0.25) is 0 Å². The van der Waals surface area contributed by atoms with Crippen LogP contribution in [-0.4, -0.2) is 24.7 Å². The van der Waals surface area contributed by atoms with Gasteiger partial charge in [0, 0.05) is 6.61 Å². The van der Waals surface area contributed by atoms with E-state index in [9.17, 15) is 4.79 Å². The normalized spacial score (nSPS) is 20.3. The molecule has 4 heteroatoms. The van der Waals surface area contributed by atoms with E-state index >= 15 is 0 Å². The highest BCUT2D eigenvalue weighted by atomic mass is 16.5. The summed E-state index contributed by atoms with van der Waals surface area (Å²) in [7, 11) is 0. The molecule has 0 aromatic carbocycles. The monoisotopic (exact) mass is 214 g/mol. The summed E-state index contributed by atoms with van der Waals surface area (Å²) in [5.41, 5.74) is 10.3. The van der Waals surface area contributed by atoms with Crippen LogP contribution in [0.3, 0.4) is 0 Å². The van der Waals surface area contributed by atoms with Gasteiger partial charge in [-0.3, -0.25) is 4.79 Å². The molecule has 0 aromatic rings. The van der Waals surface area contributed by atoms with Gasteiger partial charge in [-0.15, -0.1) is 0 Å². The molecule has 0 spiro atoms. The van der Waals surface area contributed by atoms with Gasteiger partial charge in [-0.1, -0.05) is 13.8 Å². The van der Waals surface area contributed by atoms with E-state index in [1.54, 1.807) is 0 Å². The molecule has 0 saturated heterocycles. The molecule has 88 valence electrons. The minimum absolute atomic E-state index is 0.231. The summed E-state index contributed by atoms with van der Waals surface area (Å²) in [6.45, 7) is 5.18. The van der Waals surface area contributed by atoms with Gasteiger partial charge in [0.2, 0.25) is 5.91 Å². The molecule has 1 aliphatic carbocycles. The van der Waals surface area contributed by atoms with Crippen molar-refractivity contribution in [3.63, 3.8) is 0 Å². The Morgan fingerprint density at radius 3 is 2.53 bits per heavy atom. The quantitative estimate of drug-likeness (QED) is 0.610. The van der Waals surface area contributed by atoms with Crippen molar-refractivity contribution in [3.05, 3.63) is 0 Å².